The summed E-state index contributed by atoms with van der Waals surface area (Å²) in [5.41, 5.74) is 60.5. The van der Waals surface area contributed by atoms with Crippen molar-refractivity contribution in [3.63, 3.8) is 0 Å². The molecule has 366 valence electrons. The van der Waals surface area contributed by atoms with Gasteiger partial charge in [-0.3, -0.25) is 48.7 Å². The minimum atomic E-state index is -1.09. The van der Waals surface area contributed by atoms with Gasteiger partial charge in [0, 0.05) is 52.4 Å². The maximum Gasteiger partial charge on any atom is 0.242 e. The van der Waals surface area contributed by atoms with Gasteiger partial charge >= 0.3 is 0 Å². The minimum absolute atomic E-state index is 0.0146. The molecule has 0 aromatic heterocycles. The van der Waals surface area contributed by atoms with E-state index in [1.165, 1.54) is 19.6 Å². The van der Waals surface area contributed by atoms with Crippen LogP contribution >= 0.6 is 0 Å². The zero-order valence-corrected chi connectivity index (χ0v) is 37.3. The summed E-state index contributed by atoms with van der Waals surface area (Å²) in [7, 11) is 0. The normalized spacial score (nSPS) is 11.0. The number of rotatable bonds is 37. The molecule has 0 saturated carbocycles. The predicted molar refractivity (Wildman–Crippen MR) is 247 cm³/mol. The number of hydrogen-bond acceptors (Lipinski definition) is 13. The van der Waals surface area contributed by atoms with Gasteiger partial charge in [0.05, 0.1) is 32.7 Å². The van der Waals surface area contributed by atoms with E-state index in [-0.39, 0.29) is 121 Å². The van der Waals surface area contributed by atoms with Crippen LogP contribution in [0.1, 0.15) is 64.2 Å². The van der Waals surface area contributed by atoms with Gasteiger partial charge in [0.25, 0.3) is 0 Å². The van der Waals surface area contributed by atoms with Crippen LogP contribution in [0, 0.1) is 0 Å². The molecule has 27 nitrogen and oxygen atoms in total. The monoisotopic (exact) mass is 912 g/mol. The summed E-state index contributed by atoms with van der Waals surface area (Å²) in [6, 6.07) is -1.09. The molecule has 0 radical (unpaired) electrons. The number of primary amides is 1. The molecule has 0 saturated heterocycles. The van der Waals surface area contributed by atoms with Crippen LogP contribution in [0.15, 0.2) is 20.0 Å². The summed E-state index contributed by atoms with van der Waals surface area (Å²) in [4.78, 5) is 102. The van der Waals surface area contributed by atoms with Gasteiger partial charge in [0.2, 0.25) is 35.4 Å². The number of nitrogens with two attached hydrogens (primary N) is 11. The number of guanidine groups is 4. The number of nitrogens with zero attached hydrogens (tertiary/aromatic N) is 8. The summed E-state index contributed by atoms with van der Waals surface area (Å²) in [5, 5.41) is 5.67. The summed E-state index contributed by atoms with van der Waals surface area (Å²) in [6.07, 6.45) is 5.24. The average molecular weight is 912 g/mol. The van der Waals surface area contributed by atoms with Crippen LogP contribution in [0.25, 0.3) is 0 Å². The molecule has 0 fully saturated rings. The molecule has 27 heteroatoms. The lowest BCUT2D eigenvalue weighted by Gasteiger charge is -2.31. The van der Waals surface area contributed by atoms with E-state index in [4.69, 9.17) is 63.1 Å². The van der Waals surface area contributed by atoms with Gasteiger partial charge in [-0.15, -0.1) is 0 Å². The van der Waals surface area contributed by atoms with Gasteiger partial charge in [-0.2, -0.15) is 0 Å². The first-order valence-electron chi connectivity index (χ1n) is 21.4. The molecule has 6 amide bonds. The molecule has 0 aliphatic rings. The number of aliphatic imine (C=N–C) groups is 4. The minimum Gasteiger partial charge on any atom is -0.370 e. The second kappa shape index (κ2) is 35.3. The molecule has 0 rings (SSSR count). The van der Waals surface area contributed by atoms with E-state index >= 15 is 0 Å². The van der Waals surface area contributed by atoms with Gasteiger partial charge in [-0.1, -0.05) is 12.8 Å². The molecule has 0 heterocycles. The highest BCUT2D eigenvalue weighted by molar-refractivity contribution is 5.92. The molecule has 0 bridgehead atoms. The van der Waals surface area contributed by atoms with Gasteiger partial charge in [-0.05, 0) is 71.0 Å². The third-order valence-corrected chi connectivity index (χ3v) is 9.21. The number of amides is 6. The van der Waals surface area contributed by atoms with Crippen LogP contribution < -0.4 is 73.7 Å². The maximum absolute atomic E-state index is 14.1. The first-order chi connectivity index (χ1) is 30.4. The molecular weight excluding hydrogens is 835 g/mol. The van der Waals surface area contributed by atoms with Crippen LogP contribution in [0.4, 0.5) is 0 Å². The van der Waals surface area contributed by atoms with Crippen molar-refractivity contribution in [2.45, 2.75) is 70.3 Å². The molecule has 1 atom stereocenters. The Morgan fingerprint density at radius 1 is 0.438 bits per heavy atom. The highest BCUT2D eigenvalue weighted by Crippen LogP contribution is 2.06. The third kappa shape index (κ3) is 29.9. The molecule has 0 aliphatic heterocycles. The second-order valence-electron chi connectivity index (χ2n) is 14.7. The maximum atomic E-state index is 14.1. The molecule has 0 aliphatic carbocycles. The van der Waals surface area contributed by atoms with E-state index in [2.05, 4.69) is 30.6 Å². The molecule has 0 unspecified atom stereocenters. The fraction of sp³-hybridized carbons (Fsp3) is 0.730. The lowest BCUT2D eigenvalue weighted by Crippen LogP contribution is -2.52. The van der Waals surface area contributed by atoms with Gasteiger partial charge in [0.15, 0.2) is 23.8 Å². The Kier molecular flexibility index (Phi) is 31.8. The Labute approximate surface area is 375 Å². The number of carbonyl (C=O) groups is 6. The van der Waals surface area contributed by atoms with Crippen molar-refractivity contribution < 1.29 is 28.8 Å². The zero-order valence-electron chi connectivity index (χ0n) is 37.3. The summed E-state index contributed by atoms with van der Waals surface area (Å²) in [6.45, 7) is 0.266. The molecule has 0 aromatic rings. The van der Waals surface area contributed by atoms with Crippen LogP contribution in [-0.2, 0) is 28.8 Å². The van der Waals surface area contributed by atoms with E-state index in [9.17, 15) is 28.8 Å². The van der Waals surface area contributed by atoms with Gasteiger partial charge in [-0.25, -0.2) is 0 Å². The van der Waals surface area contributed by atoms with Crippen molar-refractivity contribution in [1.82, 2.24) is 30.2 Å². The van der Waals surface area contributed by atoms with Crippen molar-refractivity contribution in [2.24, 2.45) is 83.0 Å². The van der Waals surface area contributed by atoms with Crippen LogP contribution in [0.3, 0.4) is 0 Å². The molecule has 0 spiro atoms. The number of hydrogen-bond donors (Lipinski definition) is 13. The van der Waals surface area contributed by atoms with E-state index in [0.717, 1.165) is 25.7 Å². The summed E-state index contributed by atoms with van der Waals surface area (Å²) in [5.74, 6) is -4.24. The highest BCUT2D eigenvalue weighted by atomic mass is 16.2. The fourth-order valence-corrected chi connectivity index (χ4v) is 5.91. The van der Waals surface area contributed by atoms with Crippen LogP contribution in [0.5, 0.6) is 0 Å². The molecule has 64 heavy (non-hydrogen) atoms. The van der Waals surface area contributed by atoms with Gasteiger partial charge < -0.3 is 93.3 Å². The zero-order chi connectivity index (χ0) is 48.3. The second-order valence-corrected chi connectivity index (χ2v) is 14.7. The van der Waals surface area contributed by atoms with E-state index in [1.807, 2.05) is 0 Å². The largest absolute Gasteiger partial charge is 0.370 e. The van der Waals surface area contributed by atoms with E-state index < -0.39 is 55.2 Å². The molecule has 0 aromatic carbocycles. The van der Waals surface area contributed by atoms with Crippen molar-refractivity contribution in [1.29, 1.82) is 0 Å². The molecule has 24 N–H and O–H groups in total. The first-order valence-corrected chi connectivity index (χ1v) is 21.4. The van der Waals surface area contributed by atoms with Crippen LogP contribution in [-0.4, -0.2) is 190 Å². The Morgan fingerprint density at radius 2 is 0.812 bits per heavy atom. The topological polar surface area (TPSA) is 475 Å². The standard InChI is InChI=1S/C37H77N21O6/c38-11-3-1-2-4-13-49-22-29(60)56(20-8-16-52-36(45)46)24-31(62)58(21-9-17-53-37(47)48)26-32(63)57(18-6-12-39)25-30(61)55(19-7-15-51-35(43)44)23-28(59)54-27(33(40)64)10-5-14-50-34(41)42/h27,49H,1-26,38-39H2,(H2,40,64)(H,54,59)(H4,41,42,50)(H4,43,44,51)(H4,45,46,52)(H4,47,48,53)/t27-/m1/s1. The Balaban J connectivity index is 6.37. The summed E-state index contributed by atoms with van der Waals surface area (Å²) >= 11 is 0. The lowest BCUT2D eigenvalue weighted by molar-refractivity contribution is -0.146. The SMILES string of the molecule is NCCCCCCNCC(=O)N(CCCN=C(N)N)CC(=O)N(CCCN=C(N)N)CC(=O)N(CCCN)CC(=O)N(CCCN=C(N)N)CC(=O)N[C@H](CCCN=C(N)N)C(N)=O. The van der Waals surface area contributed by atoms with Crippen LogP contribution in [0.2, 0.25) is 0 Å². The predicted octanol–water partition coefficient (Wildman–Crippen LogP) is -7.23. The van der Waals surface area contributed by atoms with Crippen molar-refractivity contribution in [3.05, 3.63) is 0 Å². The smallest absolute Gasteiger partial charge is 0.242 e. The van der Waals surface area contributed by atoms with Gasteiger partial charge in [0.1, 0.15) is 6.04 Å². The average Bonchev–Trinajstić information content (AvgIpc) is 3.22. The van der Waals surface area contributed by atoms with Crippen molar-refractivity contribution in [2.75, 3.05) is 105 Å². The Hall–Kier alpha value is -6.22. The van der Waals surface area contributed by atoms with Crippen molar-refractivity contribution >= 4 is 59.3 Å². The lowest BCUT2D eigenvalue weighted by atomic mass is 10.1. The molecular formula is C37H77N21O6. The third-order valence-electron chi connectivity index (χ3n) is 9.21. The first kappa shape index (κ1) is 57.8. The number of carbonyl (C=O) groups excluding carboxylic acids is 6. The fourth-order valence-electron chi connectivity index (χ4n) is 5.91. The number of nitrogens with one attached hydrogen (secondary N) is 2. The highest BCUT2D eigenvalue weighted by Gasteiger charge is 2.28. The Morgan fingerprint density at radius 3 is 1.22 bits per heavy atom. The summed E-state index contributed by atoms with van der Waals surface area (Å²) < 4.78 is 0. The van der Waals surface area contributed by atoms with Crippen molar-refractivity contribution in [3.8, 4) is 0 Å². The van der Waals surface area contributed by atoms with E-state index in [0.29, 0.717) is 32.4 Å². The quantitative estimate of drug-likeness (QED) is 0.0156. The number of unbranched alkanes of at least 4 members (excludes halogenated alkanes) is 3. The Bertz CT molecular complexity index is 1530. The van der Waals surface area contributed by atoms with E-state index in [1.54, 1.807) is 0 Å².